The van der Waals surface area contributed by atoms with E-state index >= 15 is 0 Å². The van der Waals surface area contributed by atoms with E-state index in [4.69, 9.17) is 0 Å². The Hall–Kier alpha value is -0.680. The number of carbonyl (C=O) groups is 1. The number of nitrogens with zero attached hydrogens (tertiary/aromatic N) is 1. The van der Waals surface area contributed by atoms with E-state index in [9.17, 15) is 4.79 Å². The van der Waals surface area contributed by atoms with Gasteiger partial charge in [0.15, 0.2) is 0 Å². The Labute approximate surface area is 111 Å². The summed E-state index contributed by atoms with van der Waals surface area (Å²) in [5.41, 5.74) is 0. The van der Waals surface area contributed by atoms with Crippen LogP contribution in [0.25, 0.3) is 0 Å². The van der Waals surface area contributed by atoms with Gasteiger partial charge in [-0.2, -0.15) is 0 Å². The van der Waals surface area contributed by atoms with Crippen LogP contribution in [-0.2, 0) is 4.79 Å². The summed E-state index contributed by atoms with van der Waals surface area (Å²) in [6.45, 7) is 3.95. The average molecular weight is 270 g/mol. The van der Waals surface area contributed by atoms with Gasteiger partial charge in [0.2, 0.25) is 5.91 Å². The molecule has 1 aromatic rings. The lowest BCUT2D eigenvalue weighted by Crippen LogP contribution is -2.29. The van der Waals surface area contributed by atoms with Crippen molar-refractivity contribution in [3.8, 4) is 0 Å². The van der Waals surface area contributed by atoms with Crippen LogP contribution in [0.15, 0.2) is 29.4 Å². The summed E-state index contributed by atoms with van der Waals surface area (Å²) < 4.78 is 0. The van der Waals surface area contributed by atoms with Crippen LogP contribution in [0.3, 0.4) is 0 Å². The van der Waals surface area contributed by atoms with E-state index in [1.807, 2.05) is 32.0 Å². The quantitative estimate of drug-likeness (QED) is 0.610. The van der Waals surface area contributed by atoms with E-state index in [0.717, 1.165) is 17.2 Å². The van der Waals surface area contributed by atoms with Gasteiger partial charge in [-0.1, -0.05) is 16.9 Å². The van der Waals surface area contributed by atoms with Crippen molar-refractivity contribution in [1.82, 2.24) is 10.3 Å². The Morgan fingerprint density at radius 2 is 2.29 bits per heavy atom. The number of pyridine rings is 1. The molecular formula is C12H18N2OS2. The van der Waals surface area contributed by atoms with Gasteiger partial charge in [0.25, 0.3) is 0 Å². The molecule has 1 aromatic heterocycles. The second-order valence-corrected chi connectivity index (χ2v) is 6.34. The molecule has 1 heterocycles. The van der Waals surface area contributed by atoms with Crippen LogP contribution in [0, 0.1) is 0 Å². The van der Waals surface area contributed by atoms with Crippen molar-refractivity contribution in [3.05, 3.63) is 24.4 Å². The van der Waals surface area contributed by atoms with Gasteiger partial charge < -0.3 is 5.32 Å². The van der Waals surface area contributed by atoms with Gasteiger partial charge in [-0.3, -0.25) is 4.79 Å². The van der Waals surface area contributed by atoms with Gasteiger partial charge in [-0.25, -0.2) is 4.98 Å². The van der Waals surface area contributed by atoms with Crippen LogP contribution >= 0.6 is 21.6 Å². The molecule has 0 bridgehead atoms. The van der Waals surface area contributed by atoms with Crippen LogP contribution in [-0.4, -0.2) is 22.7 Å². The van der Waals surface area contributed by atoms with Gasteiger partial charge in [-0.05, 0) is 43.2 Å². The Morgan fingerprint density at radius 3 is 2.94 bits per heavy atom. The summed E-state index contributed by atoms with van der Waals surface area (Å²) in [5.74, 6) is 1.11. The maximum atomic E-state index is 11.3. The SMILES string of the molecule is CC(C)NC(=O)CCCSSc1ccccn1. The highest BCUT2D eigenvalue weighted by atomic mass is 33.1. The van der Waals surface area contributed by atoms with E-state index in [1.165, 1.54) is 0 Å². The molecule has 0 radical (unpaired) electrons. The van der Waals surface area contributed by atoms with Gasteiger partial charge in [0, 0.05) is 24.4 Å². The molecule has 0 aliphatic carbocycles. The highest BCUT2D eigenvalue weighted by Crippen LogP contribution is 2.29. The average Bonchev–Trinajstić information content (AvgIpc) is 2.29. The molecule has 0 aliphatic rings. The Bertz CT molecular complexity index is 331. The third-order valence-electron chi connectivity index (χ3n) is 1.86. The monoisotopic (exact) mass is 270 g/mol. The van der Waals surface area contributed by atoms with Crippen molar-refractivity contribution in [1.29, 1.82) is 0 Å². The molecule has 0 aliphatic heterocycles. The number of amides is 1. The van der Waals surface area contributed by atoms with Crippen molar-refractivity contribution < 1.29 is 4.79 Å². The molecular weight excluding hydrogens is 252 g/mol. The Balaban J connectivity index is 2.03. The summed E-state index contributed by atoms with van der Waals surface area (Å²) in [5, 5.41) is 3.90. The first-order valence-corrected chi connectivity index (χ1v) is 8.00. The van der Waals surface area contributed by atoms with Crippen molar-refractivity contribution in [2.24, 2.45) is 0 Å². The summed E-state index contributed by atoms with van der Waals surface area (Å²) in [6, 6.07) is 6.11. The topological polar surface area (TPSA) is 42.0 Å². The zero-order valence-electron chi connectivity index (χ0n) is 10.2. The molecule has 1 N–H and O–H groups in total. The highest BCUT2D eigenvalue weighted by Gasteiger charge is 2.02. The normalized spacial score (nSPS) is 10.5. The Kier molecular flexibility index (Phi) is 7.12. The van der Waals surface area contributed by atoms with Crippen LogP contribution in [0.2, 0.25) is 0 Å². The standard InChI is InChI=1S/C12H18N2OS2/c1-10(2)14-11(15)6-5-9-16-17-12-7-3-4-8-13-12/h3-4,7-8,10H,5-6,9H2,1-2H3,(H,14,15). The lowest BCUT2D eigenvalue weighted by molar-refractivity contribution is -0.121. The van der Waals surface area contributed by atoms with E-state index in [0.29, 0.717) is 6.42 Å². The molecule has 0 saturated carbocycles. The molecule has 0 fully saturated rings. The van der Waals surface area contributed by atoms with E-state index in [-0.39, 0.29) is 11.9 Å². The molecule has 0 atom stereocenters. The summed E-state index contributed by atoms with van der Waals surface area (Å²) in [7, 11) is 3.40. The number of nitrogens with one attached hydrogen (secondary N) is 1. The minimum Gasteiger partial charge on any atom is -0.354 e. The molecule has 1 amide bonds. The highest BCUT2D eigenvalue weighted by molar-refractivity contribution is 8.76. The minimum absolute atomic E-state index is 0.142. The van der Waals surface area contributed by atoms with Crippen LogP contribution in [0.4, 0.5) is 0 Å². The fourth-order valence-electron chi connectivity index (χ4n) is 1.18. The number of hydrogen-bond donors (Lipinski definition) is 1. The maximum Gasteiger partial charge on any atom is 0.220 e. The van der Waals surface area contributed by atoms with Crippen molar-refractivity contribution >= 4 is 27.5 Å². The first kappa shape index (κ1) is 14.4. The summed E-state index contributed by atoms with van der Waals surface area (Å²) in [6.07, 6.45) is 3.30. The molecule has 94 valence electrons. The first-order valence-electron chi connectivity index (χ1n) is 5.68. The first-order chi connectivity index (χ1) is 8.18. The number of hydrogen-bond acceptors (Lipinski definition) is 4. The maximum absolute atomic E-state index is 11.3. The van der Waals surface area contributed by atoms with Crippen molar-refractivity contribution in [2.45, 2.75) is 37.8 Å². The molecule has 5 heteroatoms. The van der Waals surface area contributed by atoms with Gasteiger partial charge in [-0.15, -0.1) is 0 Å². The van der Waals surface area contributed by atoms with Gasteiger partial charge in [0.05, 0.1) is 0 Å². The van der Waals surface area contributed by atoms with E-state index < -0.39 is 0 Å². The Morgan fingerprint density at radius 1 is 1.47 bits per heavy atom. The lowest BCUT2D eigenvalue weighted by Gasteiger charge is -2.07. The van der Waals surface area contributed by atoms with Crippen LogP contribution in [0.1, 0.15) is 26.7 Å². The second kappa shape index (κ2) is 8.42. The van der Waals surface area contributed by atoms with Crippen molar-refractivity contribution in [2.75, 3.05) is 5.75 Å². The van der Waals surface area contributed by atoms with E-state index in [1.54, 1.807) is 27.8 Å². The number of rotatable bonds is 7. The lowest BCUT2D eigenvalue weighted by atomic mass is 10.3. The summed E-state index contributed by atoms with van der Waals surface area (Å²) >= 11 is 0. The van der Waals surface area contributed by atoms with Crippen LogP contribution < -0.4 is 5.32 Å². The predicted octanol–water partition coefficient (Wildman–Crippen LogP) is 3.13. The molecule has 3 nitrogen and oxygen atoms in total. The molecule has 17 heavy (non-hydrogen) atoms. The predicted molar refractivity (Wildman–Crippen MR) is 75.1 cm³/mol. The largest absolute Gasteiger partial charge is 0.354 e. The van der Waals surface area contributed by atoms with Gasteiger partial charge >= 0.3 is 0 Å². The van der Waals surface area contributed by atoms with E-state index in [2.05, 4.69) is 10.3 Å². The fourth-order valence-corrected chi connectivity index (χ4v) is 3.15. The third-order valence-corrected chi connectivity index (χ3v) is 4.21. The zero-order valence-corrected chi connectivity index (χ0v) is 11.8. The molecule has 0 aromatic carbocycles. The number of carbonyl (C=O) groups excluding carboxylic acids is 1. The molecule has 1 rings (SSSR count). The minimum atomic E-state index is 0.142. The molecule has 0 unspecified atom stereocenters. The number of aromatic nitrogens is 1. The molecule has 0 saturated heterocycles. The van der Waals surface area contributed by atoms with Crippen molar-refractivity contribution in [3.63, 3.8) is 0 Å². The van der Waals surface area contributed by atoms with Crippen LogP contribution in [0.5, 0.6) is 0 Å². The smallest absolute Gasteiger partial charge is 0.220 e. The fraction of sp³-hybridized carbons (Fsp3) is 0.500. The molecule has 0 spiro atoms. The zero-order chi connectivity index (χ0) is 12.5. The second-order valence-electron chi connectivity index (χ2n) is 3.90. The third kappa shape index (κ3) is 7.28. The van der Waals surface area contributed by atoms with Gasteiger partial charge in [0.1, 0.15) is 5.03 Å². The summed E-state index contributed by atoms with van der Waals surface area (Å²) in [4.78, 5) is 15.6.